The van der Waals surface area contributed by atoms with E-state index in [1.165, 1.54) is 193 Å². The number of benzene rings is 1. The van der Waals surface area contributed by atoms with Crippen LogP contribution in [0.25, 0.3) is 0 Å². The highest BCUT2D eigenvalue weighted by Crippen LogP contribution is 2.14. The maximum absolute atomic E-state index is 4.17. The molecule has 5 heteroatoms. The minimum atomic E-state index is 0. The summed E-state index contributed by atoms with van der Waals surface area (Å²) in [5.74, 6) is 0. The van der Waals surface area contributed by atoms with Gasteiger partial charge in [0.25, 0.3) is 0 Å². The van der Waals surface area contributed by atoms with Gasteiger partial charge in [0, 0.05) is 12.6 Å². The standard InChI is InChI=1S/C32H67N.C8H9NS.2ClH/c1-3-5-7-9-11-13-15-17-19-21-23-25-27-29-31-33-32-30-28-26-24-22-20-18-16-14-12-10-8-6-4-2;1-9-8(10)7-5-3-2-4-6-7;;/h33H,3-32H2,1-2H3;2-6H,1H3,(H,9,10);2*1H. The van der Waals surface area contributed by atoms with Gasteiger partial charge >= 0.3 is 0 Å². The molecule has 45 heavy (non-hydrogen) atoms. The predicted molar refractivity (Wildman–Crippen MR) is 216 cm³/mol. The second-order valence-electron chi connectivity index (χ2n) is 12.9. The summed E-state index contributed by atoms with van der Waals surface area (Å²) in [4.78, 5) is 3.94. The first-order valence-electron chi connectivity index (χ1n) is 19.2. The van der Waals surface area contributed by atoms with Crippen LogP contribution in [0, 0.1) is 0 Å². The van der Waals surface area contributed by atoms with Gasteiger partial charge in [0.05, 0.1) is 5.04 Å². The maximum Gasteiger partial charge on any atom is 0.0942 e. The molecule has 0 spiro atoms. The number of aliphatic imine (C=N–C) groups is 1. The van der Waals surface area contributed by atoms with Gasteiger partial charge in [-0.1, -0.05) is 211 Å². The zero-order valence-electron chi connectivity index (χ0n) is 30.3. The van der Waals surface area contributed by atoms with Gasteiger partial charge in [-0.3, -0.25) is 4.99 Å². The Morgan fingerprint density at radius 3 is 1.00 bits per heavy atom. The molecule has 0 heterocycles. The first-order chi connectivity index (χ1) is 21.3. The molecule has 0 saturated heterocycles. The lowest BCUT2D eigenvalue weighted by Gasteiger charge is -2.06. The van der Waals surface area contributed by atoms with E-state index in [-0.39, 0.29) is 24.8 Å². The molecular weight excluding hydrogens is 611 g/mol. The van der Waals surface area contributed by atoms with Crippen LogP contribution in [-0.4, -0.2) is 25.2 Å². The largest absolute Gasteiger partial charge is 0.317 e. The molecule has 1 aromatic carbocycles. The van der Waals surface area contributed by atoms with Crippen LogP contribution in [0.5, 0.6) is 0 Å². The minimum absolute atomic E-state index is 0. The van der Waals surface area contributed by atoms with Crippen LogP contribution in [-0.2, 0) is 0 Å². The first-order valence-corrected chi connectivity index (χ1v) is 19.6. The Morgan fingerprint density at radius 2 is 0.733 bits per heavy atom. The van der Waals surface area contributed by atoms with E-state index in [0.29, 0.717) is 0 Å². The molecule has 1 N–H and O–H groups in total. The highest BCUT2D eigenvalue weighted by atomic mass is 35.5. The monoisotopic (exact) mass is 689 g/mol. The molecule has 0 saturated carbocycles. The molecule has 0 radical (unpaired) electrons. The lowest BCUT2D eigenvalue weighted by atomic mass is 10.0. The summed E-state index contributed by atoms with van der Waals surface area (Å²) >= 11 is 4.17. The van der Waals surface area contributed by atoms with E-state index in [4.69, 9.17) is 0 Å². The lowest BCUT2D eigenvalue weighted by Crippen LogP contribution is -2.16. The summed E-state index contributed by atoms with van der Waals surface area (Å²) in [5.41, 5.74) is 1.06. The van der Waals surface area contributed by atoms with Crippen molar-refractivity contribution in [3.8, 4) is 0 Å². The van der Waals surface area contributed by atoms with Crippen LogP contribution in [0.1, 0.15) is 199 Å². The number of thiol groups is 1. The Bertz CT molecular complexity index is 642. The van der Waals surface area contributed by atoms with Gasteiger partial charge in [-0.15, -0.1) is 37.4 Å². The summed E-state index contributed by atoms with van der Waals surface area (Å²) in [6.07, 6.45) is 40.7. The number of nitrogens with zero attached hydrogens (tertiary/aromatic N) is 1. The fraction of sp³-hybridized carbons (Fsp3) is 0.825. The molecule has 2 nitrogen and oxygen atoms in total. The van der Waals surface area contributed by atoms with E-state index >= 15 is 0 Å². The van der Waals surface area contributed by atoms with E-state index in [1.54, 1.807) is 7.05 Å². The molecule has 0 unspecified atom stereocenters. The number of halogens is 2. The molecule has 0 aliphatic heterocycles. The van der Waals surface area contributed by atoms with E-state index in [9.17, 15) is 0 Å². The van der Waals surface area contributed by atoms with Gasteiger partial charge in [-0.2, -0.15) is 0 Å². The highest BCUT2D eigenvalue weighted by Gasteiger charge is 1.96. The van der Waals surface area contributed by atoms with Crippen molar-refractivity contribution < 1.29 is 0 Å². The zero-order chi connectivity index (χ0) is 31.3. The average Bonchev–Trinajstić information content (AvgIpc) is 3.04. The Hall–Kier alpha value is -0.220. The molecule has 0 aromatic heterocycles. The summed E-state index contributed by atoms with van der Waals surface area (Å²) in [6, 6.07) is 9.87. The van der Waals surface area contributed by atoms with Crippen molar-refractivity contribution in [2.75, 3.05) is 20.1 Å². The molecule has 1 rings (SSSR count). The molecule has 0 aliphatic carbocycles. The third-order valence-corrected chi connectivity index (χ3v) is 9.12. The zero-order valence-corrected chi connectivity index (χ0v) is 32.8. The topological polar surface area (TPSA) is 24.4 Å². The van der Waals surface area contributed by atoms with Crippen LogP contribution in [0.2, 0.25) is 0 Å². The predicted octanol–water partition coefficient (Wildman–Crippen LogP) is 14.4. The van der Waals surface area contributed by atoms with Crippen molar-refractivity contribution in [3.63, 3.8) is 0 Å². The molecule has 0 bridgehead atoms. The Kier molecular flexibility index (Phi) is 47.8. The summed E-state index contributed by atoms with van der Waals surface area (Å²) < 4.78 is 0. The third kappa shape index (κ3) is 39.9. The van der Waals surface area contributed by atoms with Crippen molar-refractivity contribution >= 4 is 42.5 Å². The van der Waals surface area contributed by atoms with Gasteiger partial charge in [-0.25, -0.2) is 0 Å². The molecule has 1 aromatic rings. The van der Waals surface area contributed by atoms with Gasteiger partial charge in [0.1, 0.15) is 0 Å². The van der Waals surface area contributed by atoms with Crippen molar-refractivity contribution in [1.82, 2.24) is 5.32 Å². The Morgan fingerprint density at radius 1 is 0.467 bits per heavy atom. The average molecular weight is 690 g/mol. The van der Waals surface area contributed by atoms with Crippen molar-refractivity contribution in [2.24, 2.45) is 4.99 Å². The molecular formula is C40H78Cl2N2S. The second kappa shape index (κ2) is 43.8. The maximum atomic E-state index is 4.17. The van der Waals surface area contributed by atoms with Crippen LogP contribution < -0.4 is 5.32 Å². The van der Waals surface area contributed by atoms with Gasteiger partial charge in [-0.05, 0) is 25.9 Å². The van der Waals surface area contributed by atoms with Gasteiger partial charge in [0.2, 0.25) is 0 Å². The minimum Gasteiger partial charge on any atom is -0.317 e. The van der Waals surface area contributed by atoms with E-state index in [0.717, 1.165) is 10.6 Å². The number of rotatable bonds is 31. The highest BCUT2D eigenvalue weighted by molar-refractivity contribution is 7.97. The summed E-state index contributed by atoms with van der Waals surface area (Å²) in [6.45, 7) is 7.10. The molecule has 268 valence electrons. The Labute approximate surface area is 301 Å². The lowest BCUT2D eigenvalue weighted by molar-refractivity contribution is 0.518. The molecule has 0 amide bonds. The summed E-state index contributed by atoms with van der Waals surface area (Å²) in [7, 11) is 1.73. The van der Waals surface area contributed by atoms with Crippen LogP contribution >= 0.6 is 37.4 Å². The van der Waals surface area contributed by atoms with Gasteiger partial charge in [0.15, 0.2) is 0 Å². The Balaban J connectivity index is -0.00000124. The van der Waals surface area contributed by atoms with Crippen LogP contribution in [0.15, 0.2) is 35.3 Å². The SMILES string of the molecule is CCCCCCCCCCCCCCCCNCCCCCCCCCCCCCCCC.CN=C(S)c1ccccc1.Cl.Cl. The number of unbranched alkanes of at least 4 members (excludes halogenated alkanes) is 26. The normalized spacial score (nSPS) is 11.0. The first kappa shape index (κ1) is 49.2. The van der Waals surface area contributed by atoms with Crippen molar-refractivity contribution in [3.05, 3.63) is 35.9 Å². The third-order valence-electron chi connectivity index (χ3n) is 8.66. The number of hydrogen-bond acceptors (Lipinski definition) is 2. The fourth-order valence-corrected chi connectivity index (χ4v) is 5.88. The van der Waals surface area contributed by atoms with Crippen LogP contribution in [0.4, 0.5) is 0 Å². The molecule has 0 aliphatic rings. The van der Waals surface area contributed by atoms with Crippen molar-refractivity contribution in [2.45, 2.75) is 194 Å². The van der Waals surface area contributed by atoms with Crippen LogP contribution in [0.3, 0.4) is 0 Å². The fourth-order valence-electron chi connectivity index (χ4n) is 5.73. The van der Waals surface area contributed by atoms with E-state index in [1.807, 2.05) is 30.3 Å². The van der Waals surface area contributed by atoms with Gasteiger partial charge < -0.3 is 5.32 Å². The number of hydrogen-bond donors (Lipinski definition) is 2. The molecule has 0 atom stereocenters. The van der Waals surface area contributed by atoms with Crippen molar-refractivity contribution in [1.29, 1.82) is 0 Å². The smallest absolute Gasteiger partial charge is 0.0942 e. The summed E-state index contributed by atoms with van der Waals surface area (Å²) in [5, 5.41) is 4.45. The second-order valence-corrected chi connectivity index (χ2v) is 13.3. The number of nitrogens with one attached hydrogen (secondary N) is 1. The van der Waals surface area contributed by atoms with E-state index in [2.05, 4.69) is 36.8 Å². The molecule has 0 fully saturated rings. The quantitative estimate of drug-likeness (QED) is 0.0345. The van der Waals surface area contributed by atoms with E-state index < -0.39 is 0 Å².